The van der Waals surface area contributed by atoms with Gasteiger partial charge in [0.25, 0.3) is 11.5 Å². The smallest absolute Gasteiger partial charge is 0.255 e. The number of piperidine rings is 1. The zero-order chi connectivity index (χ0) is 20.7. The lowest BCUT2D eigenvalue weighted by Gasteiger charge is -2.46. The number of rotatable bonds is 2. The number of benzene rings is 1. The van der Waals surface area contributed by atoms with Gasteiger partial charge in [-0.05, 0) is 24.6 Å². The van der Waals surface area contributed by atoms with Crippen LogP contribution in [0, 0.1) is 17.2 Å². The molecule has 2 aromatic rings. The van der Waals surface area contributed by atoms with Crippen molar-refractivity contribution in [3.63, 3.8) is 0 Å². The number of aromatic nitrogens is 1. The van der Waals surface area contributed by atoms with Crippen LogP contribution in [0.3, 0.4) is 0 Å². The van der Waals surface area contributed by atoms with Gasteiger partial charge in [0.05, 0.1) is 17.2 Å². The Bertz CT molecular complexity index is 1080. The van der Waals surface area contributed by atoms with Gasteiger partial charge < -0.3 is 9.80 Å². The zero-order valence-corrected chi connectivity index (χ0v) is 16.4. The lowest BCUT2D eigenvalue weighted by Crippen LogP contribution is -2.54. The molecule has 1 aromatic carbocycles. The fourth-order valence-electron chi connectivity index (χ4n) is 4.62. The number of amides is 2. The number of nitriles is 1. The van der Waals surface area contributed by atoms with E-state index in [9.17, 15) is 19.6 Å². The van der Waals surface area contributed by atoms with E-state index in [0.717, 1.165) is 12.1 Å². The largest absolute Gasteiger partial charge is 0.347 e. The molecule has 1 fully saturated rings. The molecular weight excluding hydrogens is 368 g/mol. The third-order valence-corrected chi connectivity index (χ3v) is 5.91. The van der Waals surface area contributed by atoms with E-state index in [-0.39, 0.29) is 29.2 Å². The quantitative estimate of drug-likeness (QED) is 0.780. The molecule has 7 heteroatoms. The molecule has 2 bridgehead atoms. The minimum atomic E-state index is -0.633. The maximum Gasteiger partial charge on any atom is 0.255 e. The summed E-state index contributed by atoms with van der Waals surface area (Å²) in [5.74, 6) is -0.532. The van der Waals surface area contributed by atoms with Crippen molar-refractivity contribution in [3.05, 3.63) is 69.6 Å². The molecule has 0 aliphatic carbocycles. The summed E-state index contributed by atoms with van der Waals surface area (Å²) in [6, 6.07) is 13.3. The minimum absolute atomic E-state index is 0.0212. The Morgan fingerprint density at radius 1 is 1.10 bits per heavy atom. The molecule has 0 N–H and O–H groups in total. The van der Waals surface area contributed by atoms with Crippen LogP contribution in [0.2, 0.25) is 0 Å². The fraction of sp³-hybridized carbons (Fsp3) is 0.364. The summed E-state index contributed by atoms with van der Waals surface area (Å²) in [6.45, 7) is 0.835. The molecule has 0 unspecified atom stereocenters. The third kappa shape index (κ3) is 3.11. The average molecular weight is 390 g/mol. The summed E-state index contributed by atoms with van der Waals surface area (Å²) in [6.07, 6.45) is 0.747. The van der Waals surface area contributed by atoms with E-state index in [4.69, 9.17) is 0 Å². The van der Waals surface area contributed by atoms with Gasteiger partial charge in [-0.25, -0.2) is 0 Å². The summed E-state index contributed by atoms with van der Waals surface area (Å²) in [5.41, 5.74) is 1.31. The fourth-order valence-corrected chi connectivity index (χ4v) is 4.62. The predicted molar refractivity (Wildman–Crippen MR) is 106 cm³/mol. The van der Waals surface area contributed by atoms with Crippen molar-refractivity contribution < 1.29 is 9.59 Å². The Morgan fingerprint density at radius 2 is 1.86 bits per heavy atom. The average Bonchev–Trinajstić information content (AvgIpc) is 2.73. The molecule has 0 saturated carbocycles. The second-order valence-corrected chi connectivity index (χ2v) is 7.90. The molecule has 3 heterocycles. The van der Waals surface area contributed by atoms with Crippen LogP contribution in [0.4, 0.5) is 0 Å². The standard InChI is InChI=1S/C22H22N4O3/c1-24(2)22(29)20-16-10-15(18-8-5-9-19(27)26(18)20)12-25(13-16)21(28)17-7-4-3-6-14(17)11-23/h3-9,15-16,20H,10,12-13H2,1-2H3/t15-,16+,20-/m1/s1. The van der Waals surface area contributed by atoms with E-state index in [1.54, 1.807) is 53.9 Å². The topological polar surface area (TPSA) is 86.4 Å². The molecule has 4 rings (SSSR count). The van der Waals surface area contributed by atoms with E-state index in [1.807, 2.05) is 6.07 Å². The summed E-state index contributed by atoms with van der Waals surface area (Å²) in [5, 5.41) is 9.35. The highest BCUT2D eigenvalue weighted by molar-refractivity contribution is 5.96. The highest BCUT2D eigenvalue weighted by Gasteiger charge is 2.45. The van der Waals surface area contributed by atoms with Gasteiger partial charge in [0.15, 0.2) is 0 Å². The van der Waals surface area contributed by atoms with E-state index >= 15 is 0 Å². The normalized spacial score (nSPS) is 22.4. The molecule has 3 atom stereocenters. The van der Waals surface area contributed by atoms with Crippen LogP contribution in [0.25, 0.3) is 0 Å². The maximum atomic E-state index is 13.2. The van der Waals surface area contributed by atoms with Crippen molar-refractivity contribution in [2.45, 2.75) is 18.4 Å². The highest BCUT2D eigenvalue weighted by atomic mass is 16.2. The van der Waals surface area contributed by atoms with Gasteiger partial charge in [-0.2, -0.15) is 5.26 Å². The van der Waals surface area contributed by atoms with Crippen LogP contribution in [0.15, 0.2) is 47.3 Å². The lowest BCUT2D eigenvalue weighted by atomic mass is 9.77. The van der Waals surface area contributed by atoms with Gasteiger partial charge in [-0.15, -0.1) is 0 Å². The number of likely N-dealkylation sites (tertiary alicyclic amines) is 1. The number of carbonyl (C=O) groups excluding carboxylic acids is 2. The molecule has 2 aliphatic heterocycles. The van der Waals surface area contributed by atoms with Crippen molar-refractivity contribution in [2.24, 2.45) is 5.92 Å². The van der Waals surface area contributed by atoms with Crippen LogP contribution >= 0.6 is 0 Å². The van der Waals surface area contributed by atoms with Gasteiger partial charge in [-0.1, -0.05) is 18.2 Å². The number of hydrogen-bond donors (Lipinski definition) is 0. The van der Waals surface area contributed by atoms with Crippen LogP contribution in [-0.2, 0) is 4.79 Å². The summed E-state index contributed by atoms with van der Waals surface area (Å²) < 4.78 is 1.62. The van der Waals surface area contributed by atoms with Crippen molar-refractivity contribution in [1.29, 1.82) is 5.26 Å². The first-order chi connectivity index (χ1) is 13.9. The Hall–Kier alpha value is -3.40. The van der Waals surface area contributed by atoms with E-state index < -0.39 is 6.04 Å². The van der Waals surface area contributed by atoms with Crippen molar-refractivity contribution in [2.75, 3.05) is 27.2 Å². The Balaban J connectivity index is 1.76. The van der Waals surface area contributed by atoms with E-state index in [2.05, 4.69) is 6.07 Å². The molecule has 7 nitrogen and oxygen atoms in total. The molecule has 148 valence electrons. The molecule has 2 aliphatic rings. The molecule has 29 heavy (non-hydrogen) atoms. The Morgan fingerprint density at radius 3 is 2.59 bits per heavy atom. The van der Waals surface area contributed by atoms with Gasteiger partial charge in [0.2, 0.25) is 5.91 Å². The Labute approximate surface area is 168 Å². The van der Waals surface area contributed by atoms with Crippen molar-refractivity contribution in [1.82, 2.24) is 14.4 Å². The number of likely N-dealkylation sites (N-methyl/N-ethyl adjacent to an activating group) is 1. The molecular formula is C22H22N4O3. The summed E-state index contributed by atoms with van der Waals surface area (Å²) in [7, 11) is 3.36. The number of carbonyl (C=O) groups is 2. The molecule has 2 amide bonds. The zero-order valence-electron chi connectivity index (χ0n) is 16.4. The molecule has 1 aromatic heterocycles. The van der Waals surface area contributed by atoms with Gasteiger partial charge >= 0.3 is 0 Å². The lowest BCUT2D eigenvalue weighted by molar-refractivity contribution is -0.135. The number of pyridine rings is 1. The van der Waals surface area contributed by atoms with Gasteiger partial charge in [-0.3, -0.25) is 19.0 Å². The van der Waals surface area contributed by atoms with Crippen LogP contribution in [0.5, 0.6) is 0 Å². The second-order valence-electron chi connectivity index (χ2n) is 7.90. The minimum Gasteiger partial charge on any atom is -0.347 e. The predicted octanol–water partition coefficient (Wildman–Crippen LogP) is 1.61. The van der Waals surface area contributed by atoms with Crippen LogP contribution in [-0.4, -0.2) is 53.4 Å². The van der Waals surface area contributed by atoms with E-state index in [1.165, 1.54) is 11.0 Å². The highest BCUT2D eigenvalue weighted by Crippen LogP contribution is 2.42. The SMILES string of the molecule is CN(C)C(=O)[C@H]1[C@H]2C[C@H](CN(C(=O)c3ccccc3C#N)C2)c2cccc(=O)n21. The van der Waals surface area contributed by atoms with Gasteiger partial charge in [0, 0.05) is 50.8 Å². The molecule has 0 radical (unpaired) electrons. The van der Waals surface area contributed by atoms with E-state index in [0.29, 0.717) is 24.2 Å². The summed E-state index contributed by atoms with van der Waals surface area (Å²) in [4.78, 5) is 42.0. The summed E-state index contributed by atoms with van der Waals surface area (Å²) >= 11 is 0. The van der Waals surface area contributed by atoms with Crippen molar-refractivity contribution in [3.8, 4) is 6.07 Å². The second kappa shape index (κ2) is 7.21. The Kier molecular flexibility index (Phi) is 4.71. The maximum absolute atomic E-state index is 13.2. The monoisotopic (exact) mass is 390 g/mol. The van der Waals surface area contributed by atoms with Crippen LogP contribution in [0.1, 0.15) is 40.0 Å². The first-order valence-electron chi connectivity index (χ1n) is 9.63. The molecule has 1 saturated heterocycles. The van der Waals surface area contributed by atoms with Crippen molar-refractivity contribution >= 4 is 11.8 Å². The number of hydrogen-bond acceptors (Lipinski definition) is 4. The van der Waals surface area contributed by atoms with Crippen LogP contribution < -0.4 is 5.56 Å². The first kappa shape index (κ1) is 18.9. The van der Waals surface area contributed by atoms with Gasteiger partial charge in [0.1, 0.15) is 6.04 Å². The number of nitrogens with zero attached hydrogens (tertiary/aromatic N) is 4. The number of fused-ring (bicyclic) bond motifs is 4. The molecule has 0 spiro atoms. The third-order valence-electron chi connectivity index (χ3n) is 5.91. The first-order valence-corrected chi connectivity index (χ1v) is 9.63.